The van der Waals surface area contributed by atoms with Crippen molar-refractivity contribution in [2.75, 3.05) is 127 Å². The Morgan fingerprint density at radius 2 is 0.919 bits per heavy atom. The maximum absolute atomic E-state index is 12.8. The maximum Gasteiger partial charge on any atom is 0.250 e. The van der Waals surface area contributed by atoms with Crippen LogP contribution >= 0.6 is 0 Å². The molecule has 4 rings (SSSR count). The predicted molar refractivity (Wildman–Crippen MR) is 235 cm³/mol. The average Bonchev–Trinajstić information content (AvgIpc) is 3.21. The Kier molecular flexibility index (Phi) is 21.3. The largest absolute Gasteiger partial charge is 0.394 e. The molecule has 4 amide bonds. The van der Waals surface area contributed by atoms with Gasteiger partial charge in [-0.3, -0.25) is 19.2 Å². The summed E-state index contributed by atoms with van der Waals surface area (Å²) in [6, 6.07) is 9.47. The third kappa shape index (κ3) is 15.7. The highest BCUT2D eigenvalue weighted by atomic mass is 16.6. The first-order chi connectivity index (χ1) is 29.8. The van der Waals surface area contributed by atoms with E-state index in [0.717, 1.165) is 22.5 Å². The molecule has 0 bridgehead atoms. The molecule has 2 aliphatic heterocycles. The van der Waals surface area contributed by atoms with Crippen molar-refractivity contribution in [3.63, 3.8) is 0 Å². The highest BCUT2D eigenvalue weighted by molar-refractivity contribution is 5.93. The van der Waals surface area contributed by atoms with E-state index in [0.29, 0.717) is 77.1 Å². The summed E-state index contributed by atoms with van der Waals surface area (Å²) in [5.74, 6) is -0.744. The quantitative estimate of drug-likeness (QED) is 0.0777. The second-order valence-corrected chi connectivity index (χ2v) is 16.1. The molecule has 0 fully saturated rings. The Bertz CT molecular complexity index is 1610. The minimum atomic E-state index is -0.423. The Labute approximate surface area is 365 Å². The van der Waals surface area contributed by atoms with Gasteiger partial charge in [-0.15, -0.1) is 0 Å². The Morgan fingerprint density at radius 1 is 0.597 bits per heavy atom. The fourth-order valence-corrected chi connectivity index (χ4v) is 7.64. The number of ether oxygens (including phenoxy) is 6. The minimum Gasteiger partial charge on any atom is -0.394 e. The molecule has 346 valence electrons. The first-order valence-electron chi connectivity index (χ1n) is 21.4. The molecule has 0 unspecified atom stereocenters. The predicted octanol–water partition coefficient (Wildman–Crippen LogP) is 1.35. The number of aliphatic hydroxyl groups is 2. The van der Waals surface area contributed by atoms with Crippen molar-refractivity contribution < 1.29 is 57.8 Å². The number of aliphatic hydroxyl groups excluding tert-OH is 2. The molecule has 2 aromatic rings. The van der Waals surface area contributed by atoms with Gasteiger partial charge in [-0.1, -0.05) is 27.7 Å². The lowest BCUT2D eigenvalue weighted by Gasteiger charge is -2.37. The molecule has 2 aromatic carbocycles. The Hall–Kier alpha value is -4.40. The number of benzene rings is 2. The zero-order valence-corrected chi connectivity index (χ0v) is 37.1. The van der Waals surface area contributed by atoms with Gasteiger partial charge in [0.2, 0.25) is 23.6 Å². The zero-order valence-electron chi connectivity index (χ0n) is 37.1. The lowest BCUT2D eigenvalue weighted by Crippen LogP contribution is -2.54. The third-order valence-corrected chi connectivity index (χ3v) is 10.5. The van der Waals surface area contributed by atoms with Crippen LogP contribution in [0.25, 0.3) is 0 Å². The van der Waals surface area contributed by atoms with E-state index in [1.807, 2.05) is 75.9 Å². The molecule has 0 aliphatic carbocycles. The van der Waals surface area contributed by atoms with Crippen LogP contribution < -0.4 is 31.1 Å². The highest BCUT2D eigenvalue weighted by Crippen LogP contribution is 2.31. The van der Waals surface area contributed by atoms with Crippen molar-refractivity contribution in [3.05, 3.63) is 47.5 Å². The molecule has 0 aromatic heterocycles. The SMILES string of the molecule is CC(C)[C@H]1C(=O)N[C@H](CO)Cc2cc(NC(=O)COCCOCCOCCOCCOCCOCC(=O)Nc3ccc4c(c3)C[C@H](CO)NC(=O)[C@@H](C(C)C)N4C)ccc2N1C. The molecular weight excluding hydrogens is 805 g/mol. The first-order valence-corrected chi connectivity index (χ1v) is 21.4. The van der Waals surface area contributed by atoms with Crippen LogP contribution in [0.15, 0.2) is 36.4 Å². The van der Waals surface area contributed by atoms with Gasteiger partial charge < -0.3 is 69.7 Å². The van der Waals surface area contributed by atoms with E-state index in [9.17, 15) is 29.4 Å². The number of nitrogens with one attached hydrogen (secondary N) is 4. The molecule has 4 atom stereocenters. The molecule has 62 heavy (non-hydrogen) atoms. The second-order valence-electron chi connectivity index (χ2n) is 16.1. The number of rotatable bonds is 25. The monoisotopic (exact) mass is 872 g/mol. The molecule has 18 nitrogen and oxygen atoms in total. The molecule has 18 heteroatoms. The van der Waals surface area contributed by atoms with Gasteiger partial charge in [-0.05, 0) is 72.2 Å². The third-order valence-electron chi connectivity index (χ3n) is 10.5. The molecular formula is C44H68N6O12. The minimum absolute atomic E-state index is 0.0522. The van der Waals surface area contributed by atoms with E-state index in [1.54, 1.807) is 12.1 Å². The van der Waals surface area contributed by atoms with E-state index in [4.69, 9.17) is 28.4 Å². The molecule has 0 radical (unpaired) electrons. The summed E-state index contributed by atoms with van der Waals surface area (Å²) in [7, 11) is 3.76. The lowest BCUT2D eigenvalue weighted by atomic mass is 9.95. The number of fused-ring (bicyclic) bond motifs is 2. The normalized spacial score (nSPS) is 19.2. The molecule has 6 N–H and O–H groups in total. The van der Waals surface area contributed by atoms with Crippen molar-refractivity contribution in [2.45, 2.75) is 64.7 Å². The van der Waals surface area contributed by atoms with Gasteiger partial charge in [0, 0.05) is 36.8 Å². The van der Waals surface area contributed by atoms with E-state index in [-0.39, 0.29) is 75.1 Å². The number of likely N-dealkylation sites (N-methyl/N-ethyl adjacent to an activating group) is 2. The topological polar surface area (TPSA) is 219 Å². The van der Waals surface area contributed by atoms with Gasteiger partial charge in [-0.2, -0.15) is 0 Å². The Balaban J connectivity index is 0.972. The number of hydrogen-bond donors (Lipinski definition) is 6. The number of carbonyl (C=O) groups excluding carboxylic acids is 4. The molecule has 0 saturated carbocycles. The molecule has 0 saturated heterocycles. The second kappa shape index (κ2) is 26.3. The van der Waals surface area contributed by atoms with Gasteiger partial charge in [0.1, 0.15) is 25.3 Å². The number of nitrogens with zero attached hydrogens (tertiary/aromatic N) is 2. The van der Waals surface area contributed by atoms with Crippen LogP contribution in [0, 0.1) is 11.8 Å². The summed E-state index contributed by atoms with van der Waals surface area (Å²) in [5.41, 5.74) is 4.79. The van der Waals surface area contributed by atoms with Crippen LogP contribution in [-0.4, -0.2) is 165 Å². The average molecular weight is 873 g/mol. The van der Waals surface area contributed by atoms with Gasteiger partial charge in [0.05, 0.1) is 91.4 Å². The fraction of sp³-hybridized carbons (Fsp3) is 0.636. The highest BCUT2D eigenvalue weighted by Gasteiger charge is 2.34. The maximum atomic E-state index is 12.8. The van der Waals surface area contributed by atoms with Crippen molar-refractivity contribution in [3.8, 4) is 0 Å². The van der Waals surface area contributed by atoms with E-state index in [1.165, 1.54) is 0 Å². The van der Waals surface area contributed by atoms with Gasteiger partial charge >= 0.3 is 0 Å². The van der Waals surface area contributed by atoms with Crippen LogP contribution in [-0.2, 0) is 60.4 Å². The van der Waals surface area contributed by atoms with Crippen molar-refractivity contribution in [1.29, 1.82) is 0 Å². The van der Waals surface area contributed by atoms with Crippen LogP contribution in [0.3, 0.4) is 0 Å². The number of carbonyl (C=O) groups is 4. The van der Waals surface area contributed by atoms with E-state index in [2.05, 4.69) is 21.3 Å². The standard InChI is InChI=1S/C44H68N6O12/c1-29(2)41-43(55)47-35(25-51)23-31-21-33(7-9-37(31)49(41)5)45-39(53)27-61-19-17-59-15-13-57-11-12-58-14-16-60-18-20-62-28-40(54)46-34-8-10-38-32(22-34)24-36(26-52)48-44(56)42(30(3)4)50(38)6/h7-10,21-22,29-30,35-36,41-42,51-52H,11-20,23-28H2,1-6H3,(H,45,53)(H,46,54)(H,47,55)(H,48,56)/t35-,36+,41-,42+. The first kappa shape index (κ1) is 50.2. The van der Waals surface area contributed by atoms with Crippen LogP contribution in [0.2, 0.25) is 0 Å². The number of amides is 4. The zero-order chi connectivity index (χ0) is 45.0. The summed E-state index contributed by atoms with van der Waals surface area (Å²) < 4.78 is 33.0. The summed E-state index contributed by atoms with van der Waals surface area (Å²) >= 11 is 0. The van der Waals surface area contributed by atoms with Gasteiger partial charge in [0.15, 0.2) is 0 Å². The Morgan fingerprint density at radius 3 is 1.23 bits per heavy atom. The number of hydrogen-bond acceptors (Lipinski definition) is 14. The van der Waals surface area contributed by atoms with Gasteiger partial charge in [0.25, 0.3) is 0 Å². The van der Waals surface area contributed by atoms with Gasteiger partial charge in [-0.25, -0.2) is 0 Å². The number of anilines is 4. The molecule has 2 heterocycles. The molecule has 0 spiro atoms. The van der Waals surface area contributed by atoms with Crippen LogP contribution in [0.4, 0.5) is 22.7 Å². The summed E-state index contributed by atoms with van der Waals surface area (Å²) in [6.45, 7) is 10.6. The van der Waals surface area contributed by atoms with E-state index >= 15 is 0 Å². The van der Waals surface area contributed by atoms with E-state index < -0.39 is 24.2 Å². The summed E-state index contributed by atoms with van der Waals surface area (Å²) in [4.78, 5) is 54.6. The fourth-order valence-electron chi connectivity index (χ4n) is 7.64. The smallest absolute Gasteiger partial charge is 0.250 e. The van der Waals surface area contributed by atoms with Crippen molar-refractivity contribution in [2.24, 2.45) is 11.8 Å². The lowest BCUT2D eigenvalue weighted by molar-refractivity contribution is -0.125. The molecule has 2 aliphatic rings. The van der Waals surface area contributed by atoms with Crippen molar-refractivity contribution in [1.82, 2.24) is 10.6 Å². The van der Waals surface area contributed by atoms with Crippen molar-refractivity contribution >= 4 is 46.4 Å². The summed E-state index contributed by atoms with van der Waals surface area (Å²) in [6.07, 6.45) is 0.854. The summed E-state index contributed by atoms with van der Waals surface area (Å²) in [5, 5.41) is 31.3. The van der Waals surface area contributed by atoms with Crippen LogP contribution in [0.5, 0.6) is 0 Å². The van der Waals surface area contributed by atoms with Crippen LogP contribution in [0.1, 0.15) is 38.8 Å².